The smallest absolute Gasteiger partial charge is 0.289 e. The van der Waals surface area contributed by atoms with Crippen molar-refractivity contribution in [3.63, 3.8) is 0 Å². The Bertz CT molecular complexity index is 804. The van der Waals surface area contributed by atoms with E-state index >= 15 is 0 Å². The van der Waals surface area contributed by atoms with E-state index in [1.165, 1.54) is 6.26 Å². The molecule has 0 bridgehead atoms. The molecule has 132 valence electrons. The maximum atomic E-state index is 12.7. The first-order valence-electron chi connectivity index (χ1n) is 8.87. The predicted molar refractivity (Wildman–Crippen MR) is 98.8 cm³/mol. The fraction of sp³-hybridized carbons (Fsp3) is 0.227. The highest BCUT2D eigenvalue weighted by molar-refractivity contribution is 5.91. The van der Waals surface area contributed by atoms with Crippen molar-refractivity contribution < 1.29 is 13.9 Å². The van der Waals surface area contributed by atoms with Gasteiger partial charge in [-0.1, -0.05) is 60.7 Å². The average molecular weight is 347 g/mol. The van der Waals surface area contributed by atoms with E-state index < -0.39 is 5.60 Å². The highest BCUT2D eigenvalue weighted by Gasteiger charge is 2.38. The first kappa shape index (κ1) is 16.6. The zero-order valence-electron chi connectivity index (χ0n) is 14.5. The third-order valence-electron chi connectivity index (χ3n) is 4.94. The van der Waals surface area contributed by atoms with Crippen LogP contribution in [0.15, 0.2) is 83.5 Å². The zero-order valence-corrected chi connectivity index (χ0v) is 14.5. The molecular weight excluding hydrogens is 326 g/mol. The van der Waals surface area contributed by atoms with Crippen LogP contribution in [0.3, 0.4) is 0 Å². The van der Waals surface area contributed by atoms with Gasteiger partial charge in [-0.05, 0) is 23.3 Å². The van der Waals surface area contributed by atoms with Gasteiger partial charge in [0.25, 0.3) is 5.91 Å². The Hall–Kier alpha value is -2.85. The number of nitrogens with zero attached hydrogens (tertiary/aromatic N) is 1. The van der Waals surface area contributed by atoms with E-state index in [1.54, 1.807) is 12.1 Å². The number of ether oxygens (including phenoxy) is 1. The van der Waals surface area contributed by atoms with Crippen molar-refractivity contribution >= 4 is 5.91 Å². The van der Waals surface area contributed by atoms with Crippen molar-refractivity contribution in [3.05, 3.63) is 95.9 Å². The first-order valence-corrected chi connectivity index (χ1v) is 8.87. The standard InChI is InChI=1S/C22H21NO3/c24-21(20-12-7-16-25-20)23-14-13-22(26-17-15-23,18-8-3-1-4-9-18)19-10-5-2-6-11-19/h1-12,16H,13-15,17H2. The highest BCUT2D eigenvalue weighted by Crippen LogP contribution is 2.38. The molecule has 26 heavy (non-hydrogen) atoms. The number of amides is 1. The average Bonchev–Trinajstić information content (AvgIpc) is 3.15. The van der Waals surface area contributed by atoms with Gasteiger partial charge in [0.05, 0.1) is 12.9 Å². The van der Waals surface area contributed by atoms with E-state index in [9.17, 15) is 4.79 Å². The Morgan fingerprint density at radius 3 is 2.08 bits per heavy atom. The minimum Gasteiger partial charge on any atom is -0.459 e. The molecule has 1 saturated heterocycles. The minimum absolute atomic E-state index is 0.0875. The van der Waals surface area contributed by atoms with Crippen LogP contribution in [0.5, 0.6) is 0 Å². The lowest BCUT2D eigenvalue weighted by Crippen LogP contribution is -2.34. The van der Waals surface area contributed by atoms with Crippen molar-refractivity contribution in [3.8, 4) is 0 Å². The van der Waals surface area contributed by atoms with Gasteiger partial charge in [0.2, 0.25) is 0 Å². The third kappa shape index (κ3) is 3.04. The monoisotopic (exact) mass is 347 g/mol. The van der Waals surface area contributed by atoms with Crippen molar-refractivity contribution in [2.45, 2.75) is 12.0 Å². The number of carbonyl (C=O) groups is 1. The number of carbonyl (C=O) groups excluding carboxylic acids is 1. The van der Waals surface area contributed by atoms with Gasteiger partial charge < -0.3 is 14.1 Å². The summed E-state index contributed by atoms with van der Waals surface area (Å²) in [6.07, 6.45) is 2.22. The number of hydrogen-bond donors (Lipinski definition) is 0. The Morgan fingerprint density at radius 1 is 0.846 bits per heavy atom. The van der Waals surface area contributed by atoms with Gasteiger partial charge in [-0.2, -0.15) is 0 Å². The summed E-state index contributed by atoms with van der Waals surface area (Å²) in [6, 6.07) is 23.9. The third-order valence-corrected chi connectivity index (χ3v) is 4.94. The molecule has 1 aliphatic heterocycles. The Morgan fingerprint density at radius 2 is 1.50 bits per heavy atom. The van der Waals surface area contributed by atoms with E-state index in [0.29, 0.717) is 31.9 Å². The molecule has 1 fully saturated rings. The number of benzene rings is 2. The lowest BCUT2D eigenvalue weighted by molar-refractivity contribution is -0.0100. The highest BCUT2D eigenvalue weighted by atomic mass is 16.5. The van der Waals surface area contributed by atoms with Crippen LogP contribution in [0.4, 0.5) is 0 Å². The largest absolute Gasteiger partial charge is 0.459 e. The van der Waals surface area contributed by atoms with Gasteiger partial charge in [0, 0.05) is 19.5 Å². The molecule has 0 unspecified atom stereocenters. The maximum Gasteiger partial charge on any atom is 0.289 e. The molecule has 0 atom stereocenters. The summed E-state index contributed by atoms with van der Waals surface area (Å²) in [5.41, 5.74) is 1.66. The normalized spacial score (nSPS) is 16.8. The molecule has 1 amide bonds. The van der Waals surface area contributed by atoms with Crippen LogP contribution in [-0.4, -0.2) is 30.5 Å². The molecule has 0 saturated carbocycles. The molecule has 4 nitrogen and oxygen atoms in total. The summed E-state index contributed by atoms with van der Waals surface area (Å²) in [5, 5.41) is 0. The van der Waals surface area contributed by atoms with Crippen LogP contribution >= 0.6 is 0 Å². The van der Waals surface area contributed by atoms with Crippen LogP contribution in [0.1, 0.15) is 28.1 Å². The molecule has 2 aromatic carbocycles. The molecule has 0 N–H and O–H groups in total. The molecule has 4 heteroatoms. The van der Waals surface area contributed by atoms with Crippen LogP contribution in [0, 0.1) is 0 Å². The van der Waals surface area contributed by atoms with Crippen LogP contribution in [0.25, 0.3) is 0 Å². The Kier molecular flexibility index (Phi) is 4.59. The first-order chi connectivity index (χ1) is 12.8. The molecule has 4 rings (SSSR count). The van der Waals surface area contributed by atoms with Gasteiger partial charge in [-0.25, -0.2) is 0 Å². The van der Waals surface area contributed by atoms with Gasteiger partial charge >= 0.3 is 0 Å². The second-order valence-corrected chi connectivity index (χ2v) is 6.43. The van der Waals surface area contributed by atoms with Gasteiger partial charge in [0.1, 0.15) is 5.60 Å². The SMILES string of the molecule is O=C(c1ccco1)N1CCOC(c2ccccc2)(c2ccccc2)CC1. The second-order valence-electron chi connectivity index (χ2n) is 6.43. The van der Waals surface area contributed by atoms with E-state index in [-0.39, 0.29) is 5.91 Å². The van der Waals surface area contributed by atoms with Crippen LogP contribution in [0.2, 0.25) is 0 Å². The molecular formula is C22H21NO3. The molecule has 1 aliphatic rings. The molecule has 0 aliphatic carbocycles. The summed E-state index contributed by atoms with van der Waals surface area (Å²) < 4.78 is 11.7. The molecule has 1 aromatic heterocycles. The lowest BCUT2D eigenvalue weighted by atomic mass is 9.83. The molecule has 0 spiro atoms. The van der Waals surface area contributed by atoms with Crippen LogP contribution < -0.4 is 0 Å². The van der Waals surface area contributed by atoms with Gasteiger partial charge in [0.15, 0.2) is 5.76 Å². The summed E-state index contributed by atoms with van der Waals surface area (Å²) in [7, 11) is 0. The summed E-state index contributed by atoms with van der Waals surface area (Å²) in [4.78, 5) is 14.5. The number of hydrogen-bond acceptors (Lipinski definition) is 3. The fourth-order valence-electron chi connectivity index (χ4n) is 3.60. The molecule has 0 radical (unpaired) electrons. The minimum atomic E-state index is -0.555. The maximum absolute atomic E-state index is 12.7. The van der Waals surface area contributed by atoms with Crippen molar-refractivity contribution in [1.82, 2.24) is 4.90 Å². The number of rotatable bonds is 3. The van der Waals surface area contributed by atoms with E-state index in [2.05, 4.69) is 24.3 Å². The Balaban J connectivity index is 1.67. The summed E-state index contributed by atoms with van der Waals surface area (Å²) >= 11 is 0. The quantitative estimate of drug-likeness (QED) is 0.717. The molecule has 3 aromatic rings. The fourth-order valence-corrected chi connectivity index (χ4v) is 3.60. The van der Waals surface area contributed by atoms with E-state index in [0.717, 1.165) is 11.1 Å². The Labute approximate surface area is 153 Å². The zero-order chi connectivity index (χ0) is 17.8. The van der Waals surface area contributed by atoms with E-state index in [4.69, 9.17) is 9.15 Å². The van der Waals surface area contributed by atoms with Crippen molar-refractivity contribution in [1.29, 1.82) is 0 Å². The lowest BCUT2D eigenvalue weighted by Gasteiger charge is -2.33. The van der Waals surface area contributed by atoms with E-state index in [1.807, 2.05) is 41.3 Å². The van der Waals surface area contributed by atoms with Crippen molar-refractivity contribution in [2.75, 3.05) is 19.7 Å². The van der Waals surface area contributed by atoms with Gasteiger partial charge in [-0.3, -0.25) is 4.79 Å². The second kappa shape index (κ2) is 7.18. The van der Waals surface area contributed by atoms with Crippen molar-refractivity contribution in [2.24, 2.45) is 0 Å². The molecule has 2 heterocycles. The summed E-state index contributed by atoms with van der Waals surface area (Å²) in [5.74, 6) is 0.285. The number of furan rings is 1. The van der Waals surface area contributed by atoms with Crippen LogP contribution in [-0.2, 0) is 10.3 Å². The van der Waals surface area contributed by atoms with Gasteiger partial charge in [-0.15, -0.1) is 0 Å². The topological polar surface area (TPSA) is 42.7 Å². The summed E-state index contributed by atoms with van der Waals surface area (Å²) in [6.45, 7) is 1.61. The predicted octanol–water partition coefficient (Wildman–Crippen LogP) is 4.09.